The number of carbonyl (C=O) groups excluding carboxylic acids is 1. The van der Waals surface area contributed by atoms with Crippen LogP contribution < -0.4 is 19.5 Å². The molecule has 1 aliphatic heterocycles. The highest BCUT2D eigenvalue weighted by molar-refractivity contribution is 7.15. The molecule has 1 N–H and O–H groups in total. The maximum atomic E-state index is 12.5. The summed E-state index contributed by atoms with van der Waals surface area (Å²) in [5.74, 6) is 1.33. The van der Waals surface area contributed by atoms with Crippen molar-refractivity contribution >= 4 is 28.5 Å². The van der Waals surface area contributed by atoms with Crippen LogP contribution in [0.2, 0.25) is 0 Å². The van der Waals surface area contributed by atoms with Gasteiger partial charge >= 0.3 is 0 Å². The van der Waals surface area contributed by atoms with Gasteiger partial charge < -0.3 is 14.2 Å². The Morgan fingerprint density at radius 1 is 1.12 bits per heavy atom. The Balaban J connectivity index is 1.40. The number of rotatable bonds is 8. The van der Waals surface area contributed by atoms with Crippen molar-refractivity contribution in [1.29, 1.82) is 0 Å². The maximum Gasteiger partial charge on any atom is 0.250 e. The SMILES string of the molecule is COc1cc(/C=C/C(=O)Nc2nc3c(s2)CN(Cc2ccccc2)CC3)cc(OC)c1OC. The molecule has 1 aromatic heterocycles. The molecule has 1 amide bonds. The molecule has 0 fully saturated rings. The van der Waals surface area contributed by atoms with Gasteiger partial charge in [0.15, 0.2) is 16.6 Å². The number of amides is 1. The number of methoxy groups -OCH3 is 3. The predicted octanol–water partition coefficient (Wildman–Crippen LogP) is 4.38. The van der Waals surface area contributed by atoms with Gasteiger partial charge in [0.25, 0.3) is 0 Å². The van der Waals surface area contributed by atoms with Gasteiger partial charge in [-0.15, -0.1) is 11.3 Å². The Kier molecular flexibility index (Phi) is 7.26. The third-order valence-corrected chi connectivity index (χ3v) is 6.40. The van der Waals surface area contributed by atoms with Gasteiger partial charge in [0.2, 0.25) is 11.7 Å². The first kappa shape index (κ1) is 22.8. The molecule has 0 radical (unpaired) electrons. The molecule has 3 aromatic rings. The molecule has 8 heteroatoms. The van der Waals surface area contributed by atoms with Crippen LogP contribution in [0.5, 0.6) is 17.2 Å². The van der Waals surface area contributed by atoms with Crippen LogP contribution in [-0.4, -0.2) is 43.7 Å². The van der Waals surface area contributed by atoms with Crippen molar-refractivity contribution in [3.63, 3.8) is 0 Å². The molecule has 0 saturated carbocycles. The van der Waals surface area contributed by atoms with E-state index < -0.39 is 0 Å². The van der Waals surface area contributed by atoms with Gasteiger partial charge in [-0.25, -0.2) is 4.98 Å². The molecule has 4 rings (SSSR count). The molecule has 0 unspecified atom stereocenters. The molecule has 1 aliphatic rings. The number of thiazole rings is 1. The maximum absolute atomic E-state index is 12.5. The van der Waals surface area contributed by atoms with E-state index in [1.54, 1.807) is 50.9 Å². The van der Waals surface area contributed by atoms with Crippen LogP contribution in [0.4, 0.5) is 5.13 Å². The van der Waals surface area contributed by atoms with Crippen LogP contribution in [0.3, 0.4) is 0 Å². The molecule has 0 spiro atoms. The van der Waals surface area contributed by atoms with Gasteiger partial charge in [0, 0.05) is 37.0 Å². The highest BCUT2D eigenvalue weighted by atomic mass is 32.1. The number of nitrogens with one attached hydrogen (secondary N) is 1. The summed E-state index contributed by atoms with van der Waals surface area (Å²) in [6.45, 7) is 2.72. The zero-order valence-electron chi connectivity index (χ0n) is 19.0. The van der Waals surface area contributed by atoms with Gasteiger partial charge in [-0.1, -0.05) is 30.3 Å². The van der Waals surface area contributed by atoms with E-state index in [2.05, 4.69) is 39.5 Å². The molecular formula is C25H27N3O4S. The lowest BCUT2D eigenvalue weighted by Crippen LogP contribution is -2.29. The zero-order valence-corrected chi connectivity index (χ0v) is 19.8. The molecule has 172 valence electrons. The lowest BCUT2D eigenvalue weighted by molar-refractivity contribution is -0.111. The molecule has 33 heavy (non-hydrogen) atoms. The molecule has 0 bridgehead atoms. The number of ether oxygens (including phenoxy) is 3. The van der Waals surface area contributed by atoms with Crippen molar-refractivity contribution in [3.8, 4) is 17.2 Å². The average Bonchev–Trinajstić information content (AvgIpc) is 3.24. The number of nitrogens with zero attached hydrogens (tertiary/aromatic N) is 2. The standard InChI is InChI=1S/C25H27N3O4S/c1-30-20-13-18(14-21(31-2)24(20)32-3)9-10-23(29)27-25-26-19-11-12-28(16-22(19)33-25)15-17-7-5-4-6-8-17/h4-10,13-14H,11-12,15-16H2,1-3H3,(H,26,27,29)/b10-9+. The van der Waals surface area contributed by atoms with Crippen LogP contribution in [-0.2, 0) is 24.3 Å². The van der Waals surface area contributed by atoms with E-state index in [0.29, 0.717) is 22.4 Å². The van der Waals surface area contributed by atoms with Crippen molar-refractivity contribution < 1.29 is 19.0 Å². The van der Waals surface area contributed by atoms with E-state index in [9.17, 15) is 4.79 Å². The summed E-state index contributed by atoms with van der Waals surface area (Å²) in [6, 6.07) is 14.0. The fourth-order valence-corrected chi connectivity index (χ4v) is 4.85. The molecule has 0 atom stereocenters. The highest BCUT2D eigenvalue weighted by Crippen LogP contribution is 2.38. The van der Waals surface area contributed by atoms with E-state index >= 15 is 0 Å². The van der Waals surface area contributed by atoms with Crippen molar-refractivity contribution in [2.24, 2.45) is 0 Å². The van der Waals surface area contributed by atoms with Gasteiger partial charge in [-0.05, 0) is 29.3 Å². The lowest BCUT2D eigenvalue weighted by atomic mass is 10.1. The van der Waals surface area contributed by atoms with Crippen LogP contribution >= 0.6 is 11.3 Å². The normalized spacial score (nSPS) is 13.5. The second kappa shape index (κ2) is 10.5. The Hall–Kier alpha value is -3.36. The fraction of sp³-hybridized carbons (Fsp3) is 0.280. The molecule has 0 saturated heterocycles. The number of hydrogen-bond donors (Lipinski definition) is 1. The lowest BCUT2D eigenvalue weighted by Gasteiger charge is -2.25. The third kappa shape index (κ3) is 5.53. The summed E-state index contributed by atoms with van der Waals surface area (Å²) in [4.78, 5) is 20.8. The van der Waals surface area contributed by atoms with Crippen molar-refractivity contribution in [3.05, 3.63) is 70.2 Å². The van der Waals surface area contributed by atoms with Crippen molar-refractivity contribution in [1.82, 2.24) is 9.88 Å². The van der Waals surface area contributed by atoms with E-state index in [1.807, 2.05) is 6.07 Å². The minimum atomic E-state index is -0.240. The first-order chi connectivity index (χ1) is 16.1. The Morgan fingerprint density at radius 3 is 2.52 bits per heavy atom. The summed E-state index contributed by atoms with van der Waals surface area (Å²) in [5.41, 5.74) is 3.14. The first-order valence-electron chi connectivity index (χ1n) is 10.6. The topological polar surface area (TPSA) is 72.9 Å². The van der Waals surface area contributed by atoms with Crippen LogP contribution in [0.25, 0.3) is 6.08 Å². The van der Waals surface area contributed by atoms with Gasteiger partial charge in [-0.3, -0.25) is 15.0 Å². The fourth-order valence-electron chi connectivity index (χ4n) is 3.79. The average molecular weight is 466 g/mol. The van der Waals surface area contributed by atoms with E-state index in [1.165, 1.54) is 16.5 Å². The zero-order chi connectivity index (χ0) is 23.2. The van der Waals surface area contributed by atoms with Crippen LogP contribution in [0, 0.1) is 0 Å². The van der Waals surface area contributed by atoms with Crippen LogP contribution in [0.1, 0.15) is 21.7 Å². The second-order valence-corrected chi connectivity index (χ2v) is 8.70. The Morgan fingerprint density at radius 2 is 1.85 bits per heavy atom. The van der Waals surface area contributed by atoms with Crippen molar-refractivity contribution in [2.75, 3.05) is 33.2 Å². The van der Waals surface area contributed by atoms with Gasteiger partial charge in [0.1, 0.15) is 0 Å². The molecule has 2 heterocycles. The highest BCUT2D eigenvalue weighted by Gasteiger charge is 2.21. The quantitative estimate of drug-likeness (QED) is 0.498. The largest absolute Gasteiger partial charge is 0.493 e. The number of carbonyl (C=O) groups is 1. The molecule has 7 nitrogen and oxygen atoms in total. The third-order valence-electron chi connectivity index (χ3n) is 5.40. The van der Waals surface area contributed by atoms with Gasteiger partial charge in [0.05, 0.1) is 27.0 Å². The number of aromatic nitrogens is 1. The summed E-state index contributed by atoms with van der Waals surface area (Å²) < 4.78 is 16.1. The monoisotopic (exact) mass is 465 g/mol. The Labute approximate surface area is 197 Å². The number of fused-ring (bicyclic) bond motifs is 1. The summed E-state index contributed by atoms with van der Waals surface area (Å²) in [7, 11) is 4.67. The Bertz CT molecular complexity index is 1120. The van der Waals surface area contributed by atoms with Gasteiger partial charge in [-0.2, -0.15) is 0 Å². The predicted molar refractivity (Wildman–Crippen MR) is 130 cm³/mol. The number of benzene rings is 2. The van der Waals surface area contributed by atoms with Crippen LogP contribution in [0.15, 0.2) is 48.5 Å². The van der Waals surface area contributed by atoms with E-state index in [-0.39, 0.29) is 5.91 Å². The van der Waals surface area contributed by atoms with E-state index in [4.69, 9.17) is 14.2 Å². The first-order valence-corrected chi connectivity index (χ1v) is 11.4. The smallest absolute Gasteiger partial charge is 0.250 e. The minimum absolute atomic E-state index is 0.240. The number of hydrogen-bond acceptors (Lipinski definition) is 7. The molecular weight excluding hydrogens is 438 g/mol. The molecule has 2 aromatic carbocycles. The second-order valence-electron chi connectivity index (χ2n) is 7.62. The number of anilines is 1. The molecule has 0 aliphatic carbocycles. The van der Waals surface area contributed by atoms with Crippen molar-refractivity contribution in [2.45, 2.75) is 19.5 Å². The summed E-state index contributed by atoms with van der Waals surface area (Å²) >= 11 is 1.54. The summed E-state index contributed by atoms with van der Waals surface area (Å²) in [5, 5.41) is 3.52. The van der Waals surface area contributed by atoms with E-state index in [0.717, 1.165) is 37.3 Å². The summed E-state index contributed by atoms with van der Waals surface area (Å²) in [6.07, 6.45) is 4.06. The minimum Gasteiger partial charge on any atom is -0.493 e.